The summed E-state index contributed by atoms with van der Waals surface area (Å²) in [4.78, 5) is 21.7. The molecule has 2 aromatic rings. The van der Waals surface area contributed by atoms with Crippen LogP contribution in [0.5, 0.6) is 0 Å². The van der Waals surface area contributed by atoms with E-state index in [0.717, 1.165) is 115 Å². The van der Waals surface area contributed by atoms with E-state index in [2.05, 4.69) is 48.4 Å². The molecule has 2 aromatic heterocycles. The maximum Gasteiger partial charge on any atom is 0.208 e. The molecule has 10 heteroatoms. The van der Waals surface area contributed by atoms with Crippen molar-refractivity contribution in [1.82, 2.24) is 29.3 Å². The summed E-state index contributed by atoms with van der Waals surface area (Å²) in [6, 6.07) is 0.928. The molecule has 10 nitrogen and oxygen atoms in total. The van der Waals surface area contributed by atoms with Crippen molar-refractivity contribution in [2.24, 2.45) is 0 Å². The Balaban J connectivity index is 1.30. The Kier molecular flexibility index (Phi) is 7.24. The van der Waals surface area contributed by atoms with E-state index in [9.17, 15) is 0 Å². The smallest absolute Gasteiger partial charge is 0.208 e. The van der Waals surface area contributed by atoms with Gasteiger partial charge >= 0.3 is 0 Å². The van der Waals surface area contributed by atoms with Crippen molar-refractivity contribution in [3.05, 3.63) is 6.33 Å². The van der Waals surface area contributed by atoms with Gasteiger partial charge in [0.05, 0.1) is 26.4 Å². The fraction of sp³-hybridized carbons (Fsp3) is 0.783. The molecular weight excluding hydrogens is 420 g/mol. The molecule has 3 fully saturated rings. The first-order valence-corrected chi connectivity index (χ1v) is 12.5. The molecule has 0 aromatic carbocycles. The molecule has 5 rings (SSSR count). The van der Waals surface area contributed by atoms with Gasteiger partial charge in [-0.25, -0.2) is 15.0 Å². The van der Waals surface area contributed by atoms with Crippen LogP contribution in [0, 0.1) is 0 Å². The second-order valence-corrected chi connectivity index (χ2v) is 9.52. The average Bonchev–Trinajstić information content (AvgIpc) is 3.26. The number of anilines is 2. The van der Waals surface area contributed by atoms with Crippen LogP contribution in [0.15, 0.2) is 6.33 Å². The zero-order valence-corrected chi connectivity index (χ0v) is 20.1. The van der Waals surface area contributed by atoms with E-state index < -0.39 is 0 Å². The SMILES string of the molecule is CC(C)n1c(N2CCC(N3CCOCC3)CC2)nc2c(NCCN3CCOCC3)ncnc21. The Labute approximate surface area is 196 Å². The van der Waals surface area contributed by atoms with E-state index in [-0.39, 0.29) is 6.04 Å². The molecule has 33 heavy (non-hydrogen) atoms. The van der Waals surface area contributed by atoms with Gasteiger partial charge in [-0.2, -0.15) is 0 Å². The molecule has 0 atom stereocenters. The van der Waals surface area contributed by atoms with Crippen LogP contribution in [-0.4, -0.2) is 114 Å². The van der Waals surface area contributed by atoms with Gasteiger partial charge in [0.15, 0.2) is 17.0 Å². The van der Waals surface area contributed by atoms with E-state index in [1.807, 2.05) is 0 Å². The van der Waals surface area contributed by atoms with Crippen LogP contribution in [0.3, 0.4) is 0 Å². The fourth-order valence-electron chi connectivity index (χ4n) is 5.26. The summed E-state index contributed by atoms with van der Waals surface area (Å²) in [6.07, 6.45) is 3.99. The summed E-state index contributed by atoms with van der Waals surface area (Å²) in [7, 11) is 0. The molecule has 3 aliphatic heterocycles. The quantitative estimate of drug-likeness (QED) is 0.663. The van der Waals surface area contributed by atoms with Gasteiger partial charge in [0.2, 0.25) is 5.95 Å². The van der Waals surface area contributed by atoms with Gasteiger partial charge in [0.25, 0.3) is 0 Å². The van der Waals surface area contributed by atoms with Crippen molar-refractivity contribution in [2.45, 2.75) is 38.8 Å². The third kappa shape index (κ3) is 5.08. The van der Waals surface area contributed by atoms with Gasteiger partial charge in [-0.3, -0.25) is 14.4 Å². The standard InChI is InChI=1S/C23H38N8O2/c1-18(2)31-22-20(21(25-17-26-22)24-5-8-28-9-13-32-14-10-28)27-23(31)30-6-3-19(4-7-30)29-11-15-33-16-12-29/h17-19H,3-16H2,1-2H3,(H,24,25,26). The molecule has 3 aliphatic rings. The van der Waals surface area contributed by atoms with Gasteiger partial charge in [-0.15, -0.1) is 0 Å². The first-order valence-electron chi connectivity index (χ1n) is 12.5. The molecule has 0 amide bonds. The highest BCUT2D eigenvalue weighted by molar-refractivity contribution is 5.85. The van der Waals surface area contributed by atoms with Crippen LogP contribution in [0.4, 0.5) is 11.8 Å². The summed E-state index contributed by atoms with van der Waals surface area (Å²) in [5.41, 5.74) is 1.79. The highest BCUT2D eigenvalue weighted by Gasteiger charge is 2.29. The summed E-state index contributed by atoms with van der Waals surface area (Å²) in [5.74, 6) is 1.86. The predicted molar refractivity (Wildman–Crippen MR) is 129 cm³/mol. The van der Waals surface area contributed by atoms with Crippen molar-refractivity contribution in [1.29, 1.82) is 0 Å². The molecule has 1 N–H and O–H groups in total. The van der Waals surface area contributed by atoms with Crippen LogP contribution >= 0.6 is 0 Å². The third-order valence-corrected chi connectivity index (χ3v) is 7.11. The van der Waals surface area contributed by atoms with Crippen molar-refractivity contribution in [3.63, 3.8) is 0 Å². The maximum absolute atomic E-state index is 5.54. The highest BCUT2D eigenvalue weighted by atomic mass is 16.5. The Hall–Kier alpha value is -2.01. The minimum Gasteiger partial charge on any atom is -0.379 e. The molecule has 182 valence electrons. The number of nitrogens with one attached hydrogen (secondary N) is 1. The highest BCUT2D eigenvalue weighted by Crippen LogP contribution is 2.31. The number of aromatic nitrogens is 4. The average molecular weight is 459 g/mol. The van der Waals surface area contributed by atoms with Crippen molar-refractivity contribution >= 4 is 22.9 Å². The molecule has 5 heterocycles. The summed E-state index contributed by atoms with van der Waals surface area (Å²) in [6.45, 7) is 15.7. The Morgan fingerprint density at radius 2 is 1.67 bits per heavy atom. The molecule has 0 spiro atoms. The number of morpholine rings is 2. The first kappa shape index (κ1) is 22.8. The lowest BCUT2D eigenvalue weighted by Crippen LogP contribution is -2.49. The summed E-state index contributed by atoms with van der Waals surface area (Å²) in [5, 5.41) is 3.52. The van der Waals surface area contributed by atoms with Crippen LogP contribution in [-0.2, 0) is 9.47 Å². The van der Waals surface area contributed by atoms with Crippen molar-refractivity contribution < 1.29 is 9.47 Å². The molecule has 3 saturated heterocycles. The zero-order chi connectivity index (χ0) is 22.6. The van der Waals surface area contributed by atoms with Gasteiger partial charge in [-0.1, -0.05) is 0 Å². The normalized spacial score (nSPS) is 21.8. The lowest BCUT2D eigenvalue weighted by molar-refractivity contribution is 0.0114. The number of imidazole rings is 1. The van der Waals surface area contributed by atoms with E-state index >= 15 is 0 Å². The van der Waals surface area contributed by atoms with Crippen LogP contribution in [0.25, 0.3) is 11.2 Å². The lowest BCUT2D eigenvalue weighted by atomic mass is 10.0. The third-order valence-electron chi connectivity index (χ3n) is 7.11. The zero-order valence-electron chi connectivity index (χ0n) is 20.1. The molecule has 0 saturated carbocycles. The minimum atomic E-state index is 0.276. The van der Waals surface area contributed by atoms with Crippen LogP contribution in [0.1, 0.15) is 32.7 Å². The minimum absolute atomic E-state index is 0.276. The van der Waals surface area contributed by atoms with E-state index in [0.29, 0.717) is 6.04 Å². The number of hydrogen-bond donors (Lipinski definition) is 1. The molecule has 0 bridgehead atoms. The van der Waals surface area contributed by atoms with Gasteiger partial charge in [-0.05, 0) is 26.7 Å². The molecule has 0 aliphatic carbocycles. The van der Waals surface area contributed by atoms with Crippen molar-refractivity contribution in [3.8, 4) is 0 Å². The number of fused-ring (bicyclic) bond motifs is 1. The lowest BCUT2D eigenvalue weighted by Gasteiger charge is -2.40. The largest absolute Gasteiger partial charge is 0.379 e. The fourth-order valence-corrected chi connectivity index (χ4v) is 5.26. The first-order chi connectivity index (χ1) is 16.2. The van der Waals surface area contributed by atoms with E-state index in [4.69, 9.17) is 14.5 Å². The second-order valence-electron chi connectivity index (χ2n) is 9.52. The Bertz CT molecular complexity index is 899. The number of piperidine rings is 1. The number of hydrogen-bond acceptors (Lipinski definition) is 9. The van der Waals surface area contributed by atoms with E-state index in [1.54, 1.807) is 6.33 Å². The number of nitrogens with zero attached hydrogens (tertiary/aromatic N) is 7. The topological polar surface area (TPSA) is 83.8 Å². The maximum atomic E-state index is 5.54. The predicted octanol–water partition coefficient (Wildman–Crippen LogP) is 1.45. The number of ether oxygens (including phenoxy) is 2. The molecular formula is C23H38N8O2. The Morgan fingerprint density at radius 3 is 2.36 bits per heavy atom. The van der Waals surface area contributed by atoms with Crippen LogP contribution < -0.4 is 10.2 Å². The van der Waals surface area contributed by atoms with Crippen molar-refractivity contribution in [2.75, 3.05) is 89.0 Å². The monoisotopic (exact) mass is 458 g/mol. The molecule has 0 unspecified atom stereocenters. The second kappa shape index (κ2) is 10.5. The van der Waals surface area contributed by atoms with Gasteiger partial charge in [0.1, 0.15) is 6.33 Å². The molecule has 0 radical (unpaired) electrons. The van der Waals surface area contributed by atoms with Crippen LogP contribution in [0.2, 0.25) is 0 Å². The van der Waals surface area contributed by atoms with Gasteiger partial charge < -0.3 is 19.7 Å². The van der Waals surface area contributed by atoms with Gasteiger partial charge in [0, 0.05) is 64.4 Å². The summed E-state index contributed by atoms with van der Waals surface area (Å²) < 4.78 is 13.3. The van der Waals surface area contributed by atoms with E-state index in [1.165, 1.54) is 0 Å². The number of rotatable bonds is 7. The summed E-state index contributed by atoms with van der Waals surface area (Å²) >= 11 is 0. The Morgan fingerprint density at radius 1 is 0.970 bits per heavy atom.